The Morgan fingerprint density at radius 3 is 2.44 bits per heavy atom. The molecule has 0 aromatic carbocycles. The molecule has 0 N–H and O–H groups in total. The minimum atomic E-state index is 0. The van der Waals surface area contributed by atoms with E-state index >= 15 is 0 Å². The Hall–Kier alpha value is 0.253. The molecule has 3 heteroatoms. The maximum atomic E-state index is 4.00. The number of halogens is 1. The third kappa shape index (κ3) is 3.07. The van der Waals surface area contributed by atoms with Crippen LogP contribution in [0, 0.1) is 6.92 Å². The molecule has 0 saturated heterocycles. The zero-order valence-corrected chi connectivity index (χ0v) is 9.82. The van der Waals surface area contributed by atoms with Gasteiger partial charge in [0.15, 0.2) is 0 Å². The molecular weight excluding hydrogens is 231 g/mol. The topological polar surface area (TPSA) is 12.9 Å². The number of hydrogen-bond acceptors (Lipinski definition) is 1. The van der Waals surface area contributed by atoms with Crippen molar-refractivity contribution in [1.82, 2.24) is 4.98 Å². The van der Waals surface area contributed by atoms with Crippen molar-refractivity contribution >= 4 is 15.9 Å². The van der Waals surface area contributed by atoms with Crippen molar-refractivity contribution in [3.63, 3.8) is 0 Å². The summed E-state index contributed by atoms with van der Waals surface area (Å²) in [5.41, 5.74) is 1.19. The molecular formula is C6H6BrNZn. The number of aryl methyl sites for hydroxylation is 1. The summed E-state index contributed by atoms with van der Waals surface area (Å²) in [4.78, 5) is 4.00. The largest absolute Gasteiger partial charge is 0.249 e. The Balaban J connectivity index is 0.000000640. The van der Waals surface area contributed by atoms with Crippen LogP contribution in [0.2, 0.25) is 0 Å². The van der Waals surface area contributed by atoms with Gasteiger partial charge in [-0.15, -0.1) is 0 Å². The minimum Gasteiger partial charge on any atom is -0.249 e. The molecule has 0 amide bonds. The van der Waals surface area contributed by atoms with Crippen molar-refractivity contribution < 1.29 is 19.5 Å². The van der Waals surface area contributed by atoms with Gasteiger partial charge < -0.3 is 0 Å². The van der Waals surface area contributed by atoms with Crippen molar-refractivity contribution in [2.45, 2.75) is 6.92 Å². The molecule has 0 aliphatic rings. The van der Waals surface area contributed by atoms with E-state index in [4.69, 9.17) is 0 Å². The van der Waals surface area contributed by atoms with Crippen LogP contribution in [0.5, 0.6) is 0 Å². The van der Waals surface area contributed by atoms with E-state index in [0.717, 1.165) is 4.60 Å². The van der Waals surface area contributed by atoms with Crippen LogP contribution in [0.4, 0.5) is 0 Å². The summed E-state index contributed by atoms with van der Waals surface area (Å²) in [6.45, 7) is 2.01. The van der Waals surface area contributed by atoms with Crippen LogP contribution in [0.3, 0.4) is 0 Å². The molecule has 1 aromatic rings. The minimum absolute atomic E-state index is 0. The van der Waals surface area contributed by atoms with Gasteiger partial charge in [0, 0.05) is 25.7 Å². The van der Waals surface area contributed by atoms with Crippen molar-refractivity contribution in [2.24, 2.45) is 0 Å². The summed E-state index contributed by atoms with van der Waals surface area (Å²) in [6, 6.07) is 3.94. The average molecular weight is 237 g/mol. The fourth-order valence-corrected chi connectivity index (χ4v) is 0.684. The average Bonchev–Trinajstić information content (AvgIpc) is 1.77. The van der Waals surface area contributed by atoms with E-state index in [2.05, 4.69) is 20.9 Å². The third-order valence-electron chi connectivity index (χ3n) is 0.875. The molecule has 9 heavy (non-hydrogen) atoms. The van der Waals surface area contributed by atoms with Gasteiger partial charge in [-0.3, -0.25) is 0 Å². The van der Waals surface area contributed by atoms with Gasteiger partial charge in [0.2, 0.25) is 0 Å². The SMILES string of the molecule is Cc1ccc(Br)nc1.[Zn]. The zero-order chi connectivity index (χ0) is 5.98. The van der Waals surface area contributed by atoms with Crippen LogP contribution < -0.4 is 0 Å². The van der Waals surface area contributed by atoms with Crippen LogP contribution in [0.1, 0.15) is 5.56 Å². The molecule has 0 aliphatic heterocycles. The first kappa shape index (κ1) is 9.25. The first-order chi connectivity index (χ1) is 3.79. The maximum absolute atomic E-state index is 4.00. The predicted molar refractivity (Wildman–Crippen MR) is 36.7 cm³/mol. The van der Waals surface area contributed by atoms with Crippen LogP contribution >= 0.6 is 15.9 Å². The number of nitrogens with zero attached hydrogens (tertiary/aromatic N) is 1. The maximum Gasteiger partial charge on any atom is 0.106 e. The van der Waals surface area contributed by atoms with E-state index in [1.807, 2.05) is 25.3 Å². The summed E-state index contributed by atoms with van der Waals surface area (Å²) in [6.07, 6.45) is 1.82. The van der Waals surface area contributed by atoms with Crippen molar-refractivity contribution in [3.8, 4) is 0 Å². The summed E-state index contributed by atoms with van der Waals surface area (Å²) >= 11 is 3.23. The third-order valence-corrected chi connectivity index (χ3v) is 1.34. The van der Waals surface area contributed by atoms with Gasteiger partial charge in [-0.25, -0.2) is 4.98 Å². The number of pyridine rings is 1. The van der Waals surface area contributed by atoms with E-state index in [9.17, 15) is 0 Å². The van der Waals surface area contributed by atoms with Crippen molar-refractivity contribution in [1.29, 1.82) is 0 Å². The molecule has 1 heterocycles. The number of hydrogen-bond donors (Lipinski definition) is 0. The van der Waals surface area contributed by atoms with Gasteiger partial charge in [-0.2, -0.15) is 0 Å². The summed E-state index contributed by atoms with van der Waals surface area (Å²) in [7, 11) is 0. The number of aromatic nitrogens is 1. The first-order valence-corrected chi connectivity index (χ1v) is 3.16. The predicted octanol–water partition coefficient (Wildman–Crippen LogP) is 2.15. The van der Waals surface area contributed by atoms with Crippen LogP contribution in [-0.2, 0) is 19.5 Å². The molecule has 0 atom stereocenters. The van der Waals surface area contributed by atoms with E-state index in [1.165, 1.54) is 5.56 Å². The second-order valence-corrected chi connectivity index (χ2v) is 2.47. The van der Waals surface area contributed by atoms with Gasteiger partial charge in [0.25, 0.3) is 0 Å². The molecule has 1 rings (SSSR count). The Bertz CT molecular complexity index is 152. The second-order valence-electron chi connectivity index (χ2n) is 1.66. The van der Waals surface area contributed by atoms with E-state index < -0.39 is 0 Å². The second kappa shape index (κ2) is 4.13. The summed E-state index contributed by atoms with van der Waals surface area (Å²) < 4.78 is 0.892. The van der Waals surface area contributed by atoms with Gasteiger partial charge >= 0.3 is 0 Å². The smallest absolute Gasteiger partial charge is 0.106 e. The van der Waals surface area contributed by atoms with Gasteiger partial charge in [0.05, 0.1) is 0 Å². The Morgan fingerprint density at radius 1 is 1.44 bits per heavy atom. The number of rotatable bonds is 0. The fourth-order valence-electron chi connectivity index (χ4n) is 0.450. The molecule has 1 nitrogen and oxygen atoms in total. The van der Waals surface area contributed by atoms with E-state index in [-0.39, 0.29) is 19.5 Å². The molecule has 0 unspecified atom stereocenters. The van der Waals surface area contributed by atoms with Gasteiger partial charge in [-0.05, 0) is 34.5 Å². The van der Waals surface area contributed by atoms with E-state index in [1.54, 1.807) is 0 Å². The standard InChI is InChI=1S/C6H6BrN.Zn/c1-5-2-3-6(7)8-4-5;/h2-4H,1H3;. The molecule has 0 aliphatic carbocycles. The first-order valence-electron chi connectivity index (χ1n) is 2.37. The Kier molecular flexibility index (Phi) is 4.25. The summed E-state index contributed by atoms with van der Waals surface area (Å²) in [5.74, 6) is 0. The molecule has 0 fully saturated rings. The molecule has 0 saturated carbocycles. The normalized spacial score (nSPS) is 8.22. The van der Waals surface area contributed by atoms with Crippen molar-refractivity contribution in [2.75, 3.05) is 0 Å². The van der Waals surface area contributed by atoms with Crippen molar-refractivity contribution in [3.05, 3.63) is 28.5 Å². The summed E-state index contributed by atoms with van der Waals surface area (Å²) in [5, 5.41) is 0. The van der Waals surface area contributed by atoms with Gasteiger partial charge in [0.1, 0.15) is 4.60 Å². The molecule has 0 bridgehead atoms. The Labute approximate surface area is 75.8 Å². The van der Waals surface area contributed by atoms with E-state index in [0.29, 0.717) is 0 Å². The monoisotopic (exact) mass is 235 g/mol. The molecule has 0 spiro atoms. The van der Waals surface area contributed by atoms with Crippen LogP contribution in [0.15, 0.2) is 22.9 Å². The zero-order valence-electron chi connectivity index (χ0n) is 5.26. The molecule has 1 aromatic heterocycles. The Morgan fingerprint density at radius 2 is 2.11 bits per heavy atom. The van der Waals surface area contributed by atoms with Gasteiger partial charge in [-0.1, -0.05) is 6.07 Å². The van der Waals surface area contributed by atoms with Crippen LogP contribution in [0.25, 0.3) is 0 Å². The fraction of sp³-hybridized carbons (Fsp3) is 0.167. The molecule has 0 radical (unpaired) electrons. The van der Waals surface area contributed by atoms with Crippen LogP contribution in [-0.4, -0.2) is 4.98 Å². The molecule has 44 valence electrons. The quantitative estimate of drug-likeness (QED) is 0.498.